The molecule has 2 rings (SSSR count). The van der Waals surface area contributed by atoms with E-state index in [1.165, 1.54) is 6.20 Å². The van der Waals surface area contributed by atoms with Crippen LogP contribution in [-0.2, 0) is 4.74 Å². The number of nitrogen functional groups attached to an aromatic ring is 1. The first-order chi connectivity index (χ1) is 9.61. The van der Waals surface area contributed by atoms with Crippen molar-refractivity contribution in [1.29, 1.82) is 0 Å². The molecule has 1 aromatic heterocycles. The summed E-state index contributed by atoms with van der Waals surface area (Å²) >= 11 is 0. The summed E-state index contributed by atoms with van der Waals surface area (Å²) in [6.07, 6.45) is 3.35. The van der Waals surface area contributed by atoms with Crippen LogP contribution in [0.1, 0.15) is 23.2 Å². The molecule has 7 heteroatoms. The lowest BCUT2D eigenvalue weighted by Gasteiger charge is -2.32. The number of aliphatic hydroxyl groups excluding tert-OH is 1. The van der Waals surface area contributed by atoms with Gasteiger partial charge in [-0.25, -0.2) is 4.98 Å². The third-order valence-electron chi connectivity index (χ3n) is 3.40. The van der Waals surface area contributed by atoms with Crippen molar-refractivity contribution >= 4 is 17.4 Å². The van der Waals surface area contributed by atoms with Crippen molar-refractivity contribution < 1.29 is 14.6 Å². The molecule has 0 bridgehead atoms. The maximum Gasteiger partial charge on any atom is 0.250 e. The Morgan fingerprint density at radius 3 is 2.80 bits per heavy atom. The minimum absolute atomic E-state index is 0.0434. The molecule has 1 saturated heterocycles. The highest BCUT2D eigenvalue weighted by atomic mass is 16.5. The van der Waals surface area contributed by atoms with Crippen LogP contribution in [0.25, 0.3) is 0 Å². The number of primary amides is 1. The molecule has 1 fully saturated rings. The Morgan fingerprint density at radius 2 is 2.20 bits per heavy atom. The number of ether oxygens (including phenoxy) is 1. The van der Waals surface area contributed by atoms with Crippen LogP contribution in [-0.4, -0.2) is 48.4 Å². The first-order valence-corrected chi connectivity index (χ1v) is 6.64. The maximum atomic E-state index is 11.3. The van der Waals surface area contributed by atoms with E-state index in [4.69, 9.17) is 21.3 Å². The van der Waals surface area contributed by atoms with E-state index in [1.54, 1.807) is 6.07 Å². The second kappa shape index (κ2) is 6.53. The number of hydrogen-bond donors (Lipinski definition) is 3. The van der Waals surface area contributed by atoms with Gasteiger partial charge >= 0.3 is 0 Å². The molecule has 1 aromatic rings. The van der Waals surface area contributed by atoms with Crippen LogP contribution >= 0.6 is 0 Å². The van der Waals surface area contributed by atoms with Gasteiger partial charge in [-0.2, -0.15) is 0 Å². The fraction of sp³-hybridized carbons (Fsp3) is 0.538. The van der Waals surface area contributed by atoms with Crippen LogP contribution < -0.4 is 16.4 Å². The monoisotopic (exact) mass is 280 g/mol. The molecule has 2 heterocycles. The van der Waals surface area contributed by atoms with Crippen molar-refractivity contribution in [3.8, 4) is 0 Å². The summed E-state index contributed by atoms with van der Waals surface area (Å²) < 4.78 is 5.51. The van der Waals surface area contributed by atoms with E-state index in [2.05, 4.69) is 9.88 Å². The van der Waals surface area contributed by atoms with E-state index in [9.17, 15) is 4.79 Å². The number of nitrogens with two attached hydrogens (primary N) is 2. The lowest BCUT2D eigenvalue weighted by Crippen LogP contribution is -2.38. The quantitative estimate of drug-likeness (QED) is 0.684. The van der Waals surface area contributed by atoms with Gasteiger partial charge in [0.15, 0.2) is 0 Å². The van der Waals surface area contributed by atoms with Gasteiger partial charge in [0.05, 0.1) is 36.8 Å². The Bertz CT molecular complexity index is 473. The molecule has 110 valence electrons. The molecule has 1 amide bonds. The van der Waals surface area contributed by atoms with E-state index < -0.39 is 5.91 Å². The van der Waals surface area contributed by atoms with Crippen LogP contribution in [0, 0.1) is 0 Å². The van der Waals surface area contributed by atoms with Gasteiger partial charge in [-0.15, -0.1) is 0 Å². The van der Waals surface area contributed by atoms with Gasteiger partial charge in [0, 0.05) is 13.1 Å². The molecule has 0 aliphatic carbocycles. The molecule has 0 atom stereocenters. The number of hydrogen-bond acceptors (Lipinski definition) is 6. The number of amides is 1. The Kier molecular flexibility index (Phi) is 4.75. The number of pyridine rings is 1. The number of anilines is 2. The molecule has 0 aromatic carbocycles. The van der Waals surface area contributed by atoms with Crippen LogP contribution in [0.15, 0.2) is 12.3 Å². The molecule has 0 spiro atoms. The largest absolute Gasteiger partial charge is 0.397 e. The zero-order chi connectivity index (χ0) is 14.5. The van der Waals surface area contributed by atoms with Gasteiger partial charge in [0.1, 0.15) is 5.82 Å². The van der Waals surface area contributed by atoms with Crippen molar-refractivity contribution in [2.75, 3.05) is 36.9 Å². The minimum Gasteiger partial charge on any atom is -0.397 e. The molecule has 1 aliphatic heterocycles. The smallest absolute Gasteiger partial charge is 0.250 e. The molecule has 7 nitrogen and oxygen atoms in total. The maximum absolute atomic E-state index is 11.3. The normalized spacial score (nSPS) is 16.4. The first-order valence-electron chi connectivity index (χ1n) is 6.64. The number of aliphatic hydroxyl groups is 1. The summed E-state index contributed by atoms with van der Waals surface area (Å²) in [5.41, 5.74) is 11.5. The summed E-state index contributed by atoms with van der Waals surface area (Å²) in [5, 5.41) is 8.73. The molecule has 20 heavy (non-hydrogen) atoms. The molecular formula is C13H20N4O3. The number of carbonyl (C=O) groups excluding carboxylic acids is 1. The van der Waals surface area contributed by atoms with Gasteiger partial charge in [-0.05, 0) is 18.9 Å². The zero-order valence-corrected chi connectivity index (χ0v) is 11.3. The number of rotatable bonds is 5. The SMILES string of the molecule is NC(=O)c1cc(N2CCC(OCCO)CC2)ncc1N. The van der Waals surface area contributed by atoms with Crippen molar-refractivity contribution in [2.45, 2.75) is 18.9 Å². The predicted molar refractivity (Wildman–Crippen MR) is 75.4 cm³/mol. The topological polar surface area (TPSA) is 115 Å². The molecule has 1 aliphatic rings. The Labute approximate surface area is 117 Å². The van der Waals surface area contributed by atoms with Crippen LogP contribution in [0.5, 0.6) is 0 Å². The van der Waals surface area contributed by atoms with Gasteiger partial charge in [0.25, 0.3) is 5.91 Å². The molecule has 0 unspecified atom stereocenters. The molecule has 5 N–H and O–H groups in total. The van der Waals surface area contributed by atoms with Gasteiger partial charge in [-0.1, -0.05) is 0 Å². The highest BCUT2D eigenvalue weighted by molar-refractivity contribution is 5.98. The highest BCUT2D eigenvalue weighted by Gasteiger charge is 2.21. The Hall–Kier alpha value is -1.86. The third kappa shape index (κ3) is 3.37. The minimum atomic E-state index is -0.549. The lowest BCUT2D eigenvalue weighted by atomic mass is 10.1. The van der Waals surface area contributed by atoms with E-state index >= 15 is 0 Å². The summed E-state index contributed by atoms with van der Waals surface area (Å²) in [6, 6.07) is 1.63. The zero-order valence-electron chi connectivity index (χ0n) is 11.3. The first kappa shape index (κ1) is 14.5. The van der Waals surface area contributed by atoms with Gasteiger partial charge in [0.2, 0.25) is 0 Å². The average molecular weight is 280 g/mol. The third-order valence-corrected chi connectivity index (χ3v) is 3.40. The van der Waals surface area contributed by atoms with Crippen LogP contribution in [0.3, 0.4) is 0 Å². The fourth-order valence-electron chi connectivity index (χ4n) is 2.31. The van der Waals surface area contributed by atoms with E-state index in [-0.39, 0.29) is 12.7 Å². The van der Waals surface area contributed by atoms with Gasteiger partial charge in [-0.3, -0.25) is 4.79 Å². The molecule has 0 saturated carbocycles. The number of piperidine rings is 1. The second-order valence-electron chi connectivity index (χ2n) is 4.77. The molecular weight excluding hydrogens is 260 g/mol. The molecule has 0 radical (unpaired) electrons. The summed E-state index contributed by atoms with van der Waals surface area (Å²) in [6.45, 7) is 1.98. The average Bonchev–Trinajstić information content (AvgIpc) is 2.46. The summed E-state index contributed by atoms with van der Waals surface area (Å²) in [5.74, 6) is 0.154. The summed E-state index contributed by atoms with van der Waals surface area (Å²) in [7, 11) is 0. The van der Waals surface area contributed by atoms with Crippen molar-refractivity contribution in [3.05, 3.63) is 17.8 Å². The standard InChI is InChI=1S/C13H20N4O3/c14-11-8-16-12(7-10(11)13(15)19)17-3-1-9(2-4-17)20-6-5-18/h7-9,18H,1-6,14H2,(H2,15,19). The fourth-order valence-corrected chi connectivity index (χ4v) is 2.31. The van der Waals surface area contributed by atoms with Crippen molar-refractivity contribution in [2.24, 2.45) is 5.73 Å². The van der Waals surface area contributed by atoms with Crippen LogP contribution in [0.2, 0.25) is 0 Å². The van der Waals surface area contributed by atoms with E-state index in [0.29, 0.717) is 23.7 Å². The predicted octanol–water partition coefficient (Wildman–Crippen LogP) is -0.260. The highest BCUT2D eigenvalue weighted by Crippen LogP contribution is 2.22. The van der Waals surface area contributed by atoms with Crippen LogP contribution in [0.4, 0.5) is 11.5 Å². The second-order valence-corrected chi connectivity index (χ2v) is 4.77. The number of aromatic nitrogens is 1. The van der Waals surface area contributed by atoms with E-state index in [0.717, 1.165) is 25.9 Å². The summed E-state index contributed by atoms with van der Waals surface area (Å²) in [4.78, 5) is 17.6. The van der Waals surface area contributed by atoms with Gasteiger partial charge < -0.3 is 26.2 Å². The Morgan fingerprint density at radius 1 is 1.50 bits per heavy atom. The lowest BCUT2D eigenvalue weighted by molar-refractivity contribution is 0.0158. The van der Waals surface area contributed by atoms with Crippen molar-refractivity contribution in [1.82, 2.24) is 4.98 Å². The van der Waals surface area contributed by atoms with Crippen molar-refractivity contribution in [3.63, 3.8) is 0 Å². The Balaban J connectivity index is 2.00. The van der Waals surface area contributed by atoms with E-state index in [1.807, 2.05) is 0 Å². The number of carbonyl (C=O) groups is 1. The number of nitrogens with zero attached hydrogens (tertiary/aromatic N) is 2.